The summed E-state index contributed by atoms with van der Waals surface area (Å²) in [6.45, 7) is -1.14. The zero-order valence-corrected chi connectivity index (χ0v) is 22.3. The lowest BCUT2D eigenvalue weighted by molar-refractivity contribution is -0.0529. The Hall–Kier alpha value is -3.43. The van der Waals surface area contributed by atoms with Gasteiger partial charge in [0.1, 0.15) is 42.4 Å². The largest absolute Gasteiger partial charge is 0.472 e. The van der Waals surface area contributed by atoms with Gasteiger partial charge in [0.2, 0.25) is 5.95 Å². The highest BCUT2D eigenvalue weighted by atomic mass is 31.2. The van der Waals surface area contributed by atoms with Crippen LogP contribution in [0.15, 0.2) is 30.0 Å². The predicted molar refractivity (Wildman–Crippen MR) is 136 cm³/mol. The van der Waals surface area contributed by atoms with Gasteiger partial charge in [-0.15, -0.1) is 0 Å². The Labute approximate surface area is 233 Å². The number of hydrogen-bond donors (Lipinski definition) is 7. The molecular weight excluding hydrogens is 585 g/mol. The van der Waals surface area contributed by atoms with Crippen LogP contribution in [0.1, 0.15) is 18.9 Å². The highest BCUT2D eigenvalue weighted by Gasteiger charge is 2.50. The summed E-state index contributed by atoms with van der Waals surface area (Å²) >= 11 is 0. The van der Waals surface area contributed by atoms with Gasteiger partial charge in [0.05, 0.1) is 38.2 Å². The zero-order valence-electron chi connectivity index (χ0n) is 21.4. The Morgan fingerprint density at radius 2 is 1.76 bits per heavy atom. The van der Waals surface area contributed by atoms with Crippen LogP contribution in [0.25, 0.3) is 22.3 Å². The average Bonchev–Trinajstić information content (AvgIpc) is 3.70. The smallest absolute Gasteiger partial charge is 0.394 e. The van der Waals surface area contributed by atoms with Crippen molar-refractivity contribution in [3.05, 3.63) is 35.5 Å². The second-order valence-corrected chi connectivity index (χ2v) is 11.0. The van der Waals surface area contributed by atoms with E-state index in [9.17, 15) is 34.7 Å². The van der Waals surface area contributed by atoms with Crippen molar-refractivity contribution < 1.29 is 48.4 Å². The molecule has 6 heterocycles. The molecule has 6 rings (SSSR count). The molecule has 0 amide bonds. The molecule has 20 nitrogen and oxygen atoms in total. The molecule has 226 valence electrons. The molecule has 1 unspecified atom stereocenters. The minimum atomic E-state index is -4.92. The fraction of sp³-hybridized carbons (Fsp3) is 0.524. The van der Waals surface area contributed by atoms with E-state index in [0.717, 1.165) is 6.33 Å². The third-order valence-electron chi connectivity index (χ3n) is 6.98. The lowest BCUT2D eigenvalue weighted by Crippen LogP contribution is -2.35. The molecule has 0 spiro atoms. The summed E-state index contributed by atoms with van der Waals surface area (Å²) in [4.78, 5) is 45.0. The number of nitrogens with zero attached hydrogens (tertiary/aromatic N) is 7. The number of nitrogen functional groups attached to an aromatic ring is 1. The summed E-state index contributed by atoms with van der Waals surface area (Å²) in [7, 11) is -4.92. The van der Waals surface area contributed by atoms with Crippen LogP contribution >= 0.6 is 7.82 Å². The number of nitrogens with two attached hydrogens (primary N) is 1. The van der Waals surface area contributed by atoms with Crippen molar-refractivity contribution in [2.24, 2.45) is 0 Å². The number of phosphoric ester groups is 1. The molecule has 2 fully saturated rings. The standard InChI is InChI=1S/C21H26N9O11P/c22-21-27-17-11(18(35)28-21)26-7-30(17)20-15(13(33)10(4-31)40-20)41-42(36,37)38-2-1-9-12(32)14(34)19(39-9)29-6-25-8-3-23-5-24-16(8)29/h3,5-7,9-10,12-15,19-20,31-34H,1-2,4H2,(H,36,37)(H3,22,27,28,35)/t9-,10-,12-,13-,14-,15-,19-,20-/m1/s1. The van der Waals surface area contributed by atoms with Crippen LogP contribution in [0.2, 0.25) is 0 Å². The van der Waals surface area contributed by atoms with E-state index in [2.05, 4.69) is 29.9 Å². The van der Waals surface area contributed by atoms with Crippen molar-refractivity contribution in [1.29, 1.82) is 0 Å². The zero-order chi connectivity index (χ0) is 29.8. The molecule has 8 N–H and O–H groups in total. The van der Waals surface area contributed by atoms with Gasteiger partial charge >= 0.3 is 7.82 Å². The van der Waals surface area contributed by atoms with Gasteiger partial charge in [-0.25, -0.2) is 24.5 Å². The van der Waals surface area contributed by atoms with E-state index in [1.807, 2.05) is 0 Å². The van der Waals surface area contributed by atoms with Crippen LogP contribution < -0.4 is 11.3 Å². The molecule has 2 aliphatic rings. The molecular formula is C21H26N9O11P. The molecule has 4 aromatic rings. The number of imidazole rings is 2. The van der Waals surface area contributed by atoms with Crippen molar-refractivity contribution in [3.63, 3.8) is 0 Å². The molecule has 42 heavy (non-hydrogen) atoms. The predicted octanol–water partition coefficient (Wildman–Crippen LogP) is -2.70. The van der Waals surface area contributed by atoms with Crippen molar-refractivity contribution >= 4 is 36.1 Å². The summed E-state index contributed by atoms with van der Waals surface area (Å²) in [5.74, 6) is -0.238. The number of phosphoric acid groups is 1. The lowest BCUT2D eigenvalue weighted by Gasteiger charge is -2.24. The summed E-state index contributed by atoms with van der Waals surface area (Å²) in [5, 5.41) is 41.4. The second-order valence-electron chi connectivity index (χ2n) is 9.60. The van der Waals surface area contributed by atoms with Gasteiger partial charge < -0.3 is 40.5 Å². The highest BCUT2D eigenvalue weighted by molar-refractivity contribution is 7.47. The summed E-state index contributed by atoms with van der Waals surface area (Å²) in [6.07, 6.45) is -5.48. The minimum absolute atomic E-state index is 0.0630. The van der Waals surface area contributed by atoms with Gasteiger partial charge in [-0.1, -0.05) is 0 Å². The third-order valence-corrected chi connectivity index (χ3v) is 8.00. The number of nitrogens with one attached hydrogen (secondary N) is 1. The van der Waals surface area contributed by atoms with E-state index < -0.39 is 75.7 Å². The normalized spacial score (nSPS) is 31.3. The first kappa shape index (κ1) is 28.7. The van der Waals surface area contributed by atoms with Gasteiger partial charge in [0, 0.05) is 6.42 Å². The average molecular weight is 611 g/mol. The maximum atomic E-state index is 12.9. The Balaban J connectivity index is 1.13. The first-order valence-electron chi connectivity index (χ1n) is 12.5. The van der Waals surface area contributed by atoms with Crippen LogP contribution in [0.5, 0.6) is 0 Å². The van der Waals surface area contributed by atoms with Gasteiger partial charge in [0.25, 0.3) is 5.56 Å². The second kappa shape index (κ2) is 11.0. The van der Waals surface area contributed by atoms with E-state index in [4.69, 9.17) is 24.3 Å². The molecule has 4 aromatic heterocycles. The topological polar surface area (TPSA) is 288 Å². The highest BCUT2D eigenvalue weighted by Crippen LogP contribution is 2.49. The number of rotatable bonds is 9. The number of aromatic nitrogens is 8. The summed E-state index contributed by atoms with van der Waals surface area (Å²) < 4.78 is 37.2. The Bertz CT molecular complexity index is 1700. The molecule has 0 aromatic carbocycles. The van der Waals surface area contributed by atoms with E-state index >= 15 is 0 Å². The van der Waals surface area contributed by atoms with Crippen molar-refractivity contribution in [1.82, 2.24) is 39.0 Å². The quantitative estimate of drug-likeness (QED) is 0.0948. The molecule has 9 atom stereocenters. The molecule has 0 saturated carbocycles. The number of aliphatic hydroxyl groups excluding tert-OH is 4. The lowest BCUT2D eigenvalue weighted by atomic mass is 10.1. The van der Waals surface area contributed by atoms with Crippen molar-refractivity contribution in [2.75, 3.05) is 18.9 Å². The minimum Gasteiger partial charge on any atom is -0.394 e. The Morgan fingerprint density at radius 1 is 1.02 bits per heavy atom. The SMILES string of the molecule is Nc1nc2c(ncn2[C@@H]2O[C@H](CO)[C@@H](O)[C@H]2OP(=O)(O)OCC[C@H]2O[C@@H](n3cnc4cncnc43)[C@H](O)[C@@H]2O)c(=O)[nH]1. The first-order chi connectivity index (χ1) is 20.1. The summed E-state index contributed by atoms with van der Waals surface area (Å²) in [5.41, 5.74) is 5.60. The Morgan fingerprint density at radius 3 is 2.55 bits per heavy atom. The van der Waals surface area contributed by atoms with E-state index in [1.54, 1.807) is 0 Å². The molecule has 2 saturated heterocycles. The maximum absolute atomic E-state index is 12.9. The van der Waals surface area contributed by atoms with E-state index in [0.29, 0.717) is 11.2 Å². The molecule has 0 radical (unpaired) electrons. The van der Waals surface area contributed by atoms with Crippen molar-refractivity contribution in [3.8, 4) is 0 Å². The van der Waals surface area contributed by atoms with Crippen LogP contribution in [0.3, 0.4) is 0 Å². The summed E-state index contributed by atoms with van der Waals surface area (Å²) in [6, 6.07) is 0. The molecule has 21 heteroatoms. The van der Waals surface area contributed by atoms with Crippen LogP contribution in [0, 0.1) is 0 Å². The third kappa shape index (κ3) is 5.07. The van der Waals surface area contributed by atoms with E-state index in [1.165, 1.54) is 28.0 Å². The van der Waals surface area contributed by atoms with Gasteiger partial charge in [-0.2, -0.15) is 4.98 Å². The number of hydrogen-bond acceptors (Lipinski definition) is 16. The number of fused-ring (bicyclic) bond motifs is 2. The number of H-pyrrole nitrogens is 1. The monoisotopic (exact) mass is 611 g/mol. The first-order valence-corrected chi connectivity index (χ1v) is 14.0. The van der Waals surface area contributed by atoms with Crippen LogP contribution in [0.4, 0.5) is 5.95 Å². The Kier molecular flexibility index (Phi) is 7.51. The number of aliphatic hydroxyl groups is 4. The maximum Gasteiger partial charge on any atom is 0.472 e. The number of ether oxygens (including phenoxy) is 2. The fourth-order valence-electron chi connectivity index (χ4n) is 4.97. The molecule has 0 aliphatic carbocycles. The molecule has 2 aliphatic heterocycles. The van der Waals surface area contributed by atoms with Gasteiger partial charge in [-0.3, -0.25) is 28.0 Å². The van der Waals surface area contributed by atoms with Crippen LogP contribution in [-0.2, 0) is 23.1 Å². The number of anilines is 1. The van der Waals surface area contributed by atoms with Gasteiger partial charge in [0.15, 0.2) is 29.3 Å². The number of aromatic amines is 1. The fourth-order valence-corrected chi connectivity index (χ4v) is 5.91. The van der Waals surface area contributed by atoms with Gasteiger partial charge in [-0.05, 0) is 0 Å². The van der Waals surface area contributed by atoms with Crippen molar-refractivity contribution in [2.45, 2.75) is 55.5 Å². The van der Waals surface area contributed by atoms with Crippen LogP contribution in [-0.4, -0.2) is 114 Å². The van der Waals surface area contributed by atoms with E-state index in [-0.39, 0.29) is 23.5 Å². The molecule has 0 bridgehead atoms.